The van der Waals surface area contributed by atoms with Crippen LogP contribution in [0.4, 0.5) is 0 Å². The van der Waals surface area contributed by atoms with Gasteiger partial charge in [0.2, 0.25) is 10.0 Å². The second-order valence-electron chi connectivity index (χ2n) is 4.99. The largest absolute Gasteiger partial charge is 0.303 e. The number of thiophene rings is 1. The number of likely N-dealkylation sites (N-methyl/N-ethyl adjacent to an activating group) is 1. The fourth-order valence-electron chi connectivity index (χ4n) is 2.45. The van der Waals surface area contributed by atoms with E-state index in [9.17, 15) is 8.42 Å². The van der Waals surface area contributed by atoms with E-state index in [2.05, 4.69) is 4.90 Å². The first-order valence-corrected chi connectivity index (χ1v) is 9.01. The highest BCUT2D eigenvalue weighted by atomic mass is 35.5. The first-order valence-electron chi connectivity index (χ1n) is 6.22. The van der Waals surface area contributed by atoms with Crippen LogP contribution in [0.5, 0.6) is 0 Å². The van der Waals surface area contributed by atoms with Gasteiger partial charge in [0.15, 0.2) is 0 Å². The van der Waals surface area contributed by atoms with E-state index >= 15 is 0 Å². The summed E-state index contributed by atoms with van der Waals surface area (Å²) in [5.74, 6) is 0.360. The molecule has 1 saturated heterocycles. The molecule has 108 valence electrons. The van der Waals surface area contributed by atoms with Crippen molar-refractivity contribution in [1.82, 2.24) is 9.21 Å². The summed E-state index contributed by atoms with van der Waals surface area (Å²) < 4.78 is 27.1. The maximum Gasteiger partial charge on any atom is 0.244 e. The number of hydrogen-bond acceptors (Lipinski definition) is 4. The molecule has 0 aliphatic carbocycles. The SMILES string of the molecule is Cc1sc(CCl)cc1S(=O)(=O)N1CCN(C)CC1C. The number of hydrogen-bond donors (Lipinski definition) is 0. The smallest absolute Gasteiger partial charge is 0.244 e. The lowest BCUT2D eigenvalue weighted by molar-refractivity contribution is 0.170. The molecule has 0 spiro atoms. The number of piperazine rings is 1. The van der Waals surface area contributed by atoms with Gasteiger partial charge in [-0.2, -0.15) is 4.31 Å². The number of halogens is 1. The van der Waals surface area contributed by atoms with Gasteiger partial charge in [-0.25, -0.2) is 8.42 Å². The third kappa shape index (κ3) is 2.97. The second kappa shape index (κ2) is 5.69. The number of sulfonamides is 1. The van der Waals surface area contributed by atoms with Crippen LogP contribution in [0.3, 0.4) is 0 Å². The minimum atomic E-state index is -3.40. The minimum absolute atomic E-state index is 0.00232. The molecule has 0 bridgehead atoms. The van der Waals surface area contributed by atoms with Crippen molar-refractivity contribution in [3.63, 3.8) is 0 Å². The zero-order chi connectivity index (χ0) is 14.2. The summed E-state index contributed by atoms with van der Waals surface area (Å²) in [6.07, 6.45) is 0. The number of aryl methyl sites for hydroxylation is 1. The lowest BCUT2D eigenvalue weighted by Crippen LogP contribution is -2.52. The Balaban J connectivity index is 2.34. The molecule has 1 unspecified atom stereocenters. The Bertz CT molecular complexity index is 556. The van der Waals surface area contributed by atoms with E-state index in [1.54, 1.807) is 10.4 Å². The predicted octanol–water partition coefficient (Wildman–Crippen LogP) is 2.12. The van der Waals surface area contributed by atoms with E-state index in [-0.39, 0.29) is 6.04 Å². The van der Waals surface area contributed by atoms with Gasteiger partial charge in [-0.1, -0.05) is 0 Å². The highest BCUT2D eigenvalue weighted by molar-refractivity contribution is 7.89. The standard InChI is InChI=1S/C12H19ClN2O2S2/c1-9-8-14(3)4-5-15(9)19(16,17)12-6-11(7-13)18-10(12)2/h6,9H,4-5,7-8H2,1-3H3. The summed E-state index contributed by atoms with van der Waals surface area (Å²) >= 11 is 7.25. The Hall–Kier alpha value is -0.140. The van der Waals surface area contributed by atoms with E-state index in [1.165, 1.54) is 11.3 Å². The van der Waals surface area contributed by atoms with Crippen molar-refractivity contribution in [3.8, 4) is 0 Å². The molecule has 1 aromatic heterocycles. The lowest BCUT2D eigenvalue weighted by Gasteiger charge is -2.37. The fraction of sp³-hybridized carbons (Fsp3) is 0.667. The molecule has 0 saturated carbocycles. The monoisotopic (exact) mass is 322 g/mol. The van der Waals surface area contributed by atoms with Crippen molar-refractivity contribution in [2.24, 2.45) is 0 Å². The number of alkyl halides is 1. The van der Waals surface area contributed by atoms with Crippen LogP contribution >= 0.6 is 22.9 Å². The van der Waals surface area contributed by atoms with Crippen molar-refractivity contribution in [1.29, 1.82) is 0 Å². The molecular weight excluding hydrogens is 304 g/mol. The Morgan fingerprint density at radius 2 is 2.16 bits per heavy atom. The van der Waals surface area contributed by atoms with Gasteiger partial charge in [-0.15, -0.1) is 22.9 Å². The quantitative estimate of drug-likeness (QED) is 0.800. The average molecular weight is 323 g/mol. The average Bonchev–Trinajstić information content (AvgIpc) is 2.70. The molecule has 2 rings (SSSR count). The molecule has 1 atom stereocenters. The van der Waals surface area contributed by atoms with E-state index in [1.807, 2.05) is 20.9 Å². The molecule has 0 amide bonds. The summed E-state index contributed by atoms with van der Waals surface area (Å²) in [6, 6.07) is 1.72. The van der Waals surface area contributed by atoms with E-state index < -0.39 is 10.0 Å². The maximum absolute atomic E-state index is 12.7. The van der Waals surface area contributed by atoms with Crippen LogP contribution < -0.4 is 0 Å². The van der Waals surface area contributed by atoms with Crippen LogP contribution in [0.1, 0.15) is 16.7 Å². The predicted molar refractivity (Wildman–Crippen MR) is 79.5 cm³/mol. The van der Waals surface area contributed by atoms with E-state index in [4.69, 9.17) is 11.6 Å². The number of nitrogens with zero attached hydrogens (tertiary/aromatic N) is 2. The third-order valence-corrected chi connectivity index (χ3v) is 7.18. The second-order valence-corrected chi connectivity index (χ2v) is 8.46. The third-order valence-electron chi connectivity index (χ3n) is 3.41. The van der Waals surface area contributed by atoms with Crippen molar-refractivity contribution in [2.75, 3.05) is 26.7 Å². The van der Waals surface area contributed by atoms with Gasteiger partial charge < -0.3 is 4.90 Å². The normalized spacial score (nSPS) is 22.8. The molecule has 1 aliphatic heterocycles. The summed E-state index contributed by atoms with van der Waals surface area (Å²) in [5.41, 5.74) is 0. The lowest BCUT2D eigenvalue weighted by atomic mass is 10.2. The molecule has 1 aliphatic rings. The van der Waals surface area contributed by atoms with Crippen LogP contribution in [0, 0.1) is 6.92 Å². The molecule has 7 heteroatoms. The molecular formula is C12H19ClN2O2S2. The Kier molecular flexibility index (Phi) is 4.57. The van der Waals surface area contributed by atoms with Crippen molar-refractivity contribution < 1.29 is 8.42 Å². The molecule has 0 aromatic carbocycles. The van der Waals surface area contributed by atoms with Gasteiger partial charge in [-0.05, 0) is 27.0 Å². The highest BCUT2D eigenvalue weighted by Gasteiger charge is 2.34. The fourth-order valence-corrected chi connectivity index (χ4v) is 5.76. The van der Waals surface area contributed by atoms with Crippen LogP contribution in [-0.4, -0.2) is 50.3 Å². The first-order chi connectivity index (χ1) is 8.86. The van der Waals surface area contributed by atoms with Crippen LogP contribution in [0.25, 0.3) is 0 Å². The maximum atomic E-state index is 12.7. The Morgan fingerprint density at radius 1 is 1.47 bits per heavy atom. The zero-order valence-electron chi connectivity index (χ0n) is 11.4. The van der Waals surface area contributed by atoms with E-state index in [0.717, 1.165) is 22.8 Å². The van der Waals surface area contributed by atoms with Gasteiger partial charge in [0.25, 0.3) is 0 Å². The number of rotatable bonds is 3. The van der Waals surface area contributed by atoms with Crippen LogP contribution in [-0.2, 0) is 15.9 Å². The highest BCUT2D eigenvalue weighted by Crippen LogP contribution is 2.30. The summed E-state index contributed by atoms with van der Waals surface area (Å²) in [4.78, 5) is 4.30. The molecule has 0 radical (unpaired) electrons. The van der Waals surface area contributed by atoms with Gasteiger partial charge >= 0.3 is 0 Å². The van der Waals surface area contributed by atoms with Crippen LogP contribution in [0.15, 0.2) is 11.0 Å². The topological polar surface area (TPSA) is 40.6 Å². The van der Waals surface area contributed by atoms with Gasteiger partial charge in [0.1, 0.15) is 0 Å². The van der Waals surface area contributed by atoms with Gasteiger partial charge in [0, 0.05) is 35.4 Å². The van der Waals surface area contributed by atoms with Crippen molar-refractivity contribution in [2.45, 2.75) is 30.7 Å². The summed E-state index contributed by atoms with van der Waals surface area (Å²) in [7, 11) is -1.38. The first kappa shape index (κ1) is 15.3. The Labute approximate surface area is 124 Å². The Morgan fingerprint density at radius 3 is 2.68 bits per heavy atom. The molecule has 2 heterocycles. The molecule has 0 N–H and O–H groups in total. The molecule has 4 nitrogen and oxygen atoms in total. The van der Waals surface area contributed by atoms with Crippen molar-refractivity contribution >= 4 is 33.0 Å². The minimum Gasteiger partial charge on any atom is -0.303 e. The van der Waals surface area contributed by atoms with Gasteiger partial charge in [-0.3, -0.25) is 0 Å². The van der Waals surface area contributed by atoms with Crippen molar-refractivity contribution in [3.05, 3.63) is 15.8 Å². The summed E-state index contributed by atoms with van der Waals surface area (Å²) in [6.45, 7) is 5.89. The van der Waals surface area contributed by atoms with E-state index in [0.29, 0.717) is 17.3 Å². The zero-order valence-corrected chi connectivity index (χ0v) is 13.8. The molecule has 1 aromatic rings. The summed E-state index contributed by atoms with van der Waals surface area (Å²) in [5, 5.41) is 0. The molecule has 1 fully saturated rings. The molecule has 19 heavy (non-hydrogen) atoms. The van der Waals surface area contributed by atoms with Crippen LogP contribution in [0.2, 0.25) is 0 Å². The van der Waals surface area contributed by atoms with Gasteiger partial charge in [0.05, 0.1) is 10.8 Å².